The Kier molecular flexibility index (Phi) is 6.17. The van der Waals surface area contributed by atoms with Crippen LogP contribution < -0.4 is 0 Å². The van der Waals surface area contributed by atoms with Gasteiger partial charge < -0.3 is 4.90 Å². The van der Waals surface area contributed by atoms with E-state index < -0.39 is 0 Å². The Bertz CT molecular complexity index is 1240. The summed E-state index contributed by atoms with van der Waals surface area (Å²) in [4.78, 5) is 22.3. The predicted octanol–water partition coefficient (Wildman–Crippen LogP) is 4.61. The number of amides is 1. The molecule has 1 atom stereocenters. The first-order chi connectivity index (χ1) is 16.2. The molecule has 6 heteroatoms. The highest BCUT2D eigenvalue weighted by molar-refractivity contribution is 5.95. The summed E-state index contributed by atoms with van der Waals surface area (Å²) in [5, 5.41) is 8.56. The van der Waals surface area contributed by atoms with Gasteiger partial charge in [-0.15, -0.1) is 0 Å². The Labute approximate surface area is 194 Å². The third kappa shape index (κ3) is 4.81. The lowest BCUT2D eigenvalue weighted by Crippen LogP contribution is -2.35. The molecule has 168 valence electrons. The molecular weight excluding hydrogens is 410 g/mol. The molecule has 0 bridgehead atoms. The summed E-state index contributed by atoms with van der Waals surface area (Å²) in [6.07, 6.45) is 3.82. The van der Waals surface area contributed by atoms with Gasteiger partial charge in [0.2, 0.25) is 0 Å². The van der Waals surface area contributed by atoms with Crippen molar-refractivity contribution in [3.63, 3.8) is 0 Å². The van der Waals surface area contributed by atoms with Gasteiger partial charge >= 0.3 is 0 Å². The monoisotopic (exact) mass is 439 g/mol. The number of pyridine rings is 1. The van der Waals surface area contributed by atoms with Crippen molar-refractivity contribution in [3.05, 3.63) is 95.4 Å². The van der Waals surface area contributed by atoms with Crippen LogP contribution in [0.5, 0.6) is 0 Å². The minimum atomic E-state index is 0.0101. The Morgan fingerprint density at radius 3 is 2.79 bits per heavy atom. The van der Waals surface area contributed by atoms with Gasteiger partial charge in [-0.2, -0.15) is 5.10 Å². The molecule has 1 unspecified atom stereocenters. The van der Waals surface area contributed by atoms with Gasteiger partial charge in [0.25, 0.3) is 5.91 Å². The van der Waals surface area contributed by atoms with E-state index in [9.17, 15) is 4.79 Å². The molecule has 1 aliphatic heterocycles. The summed E-state index contributed by atoms with van der Waals surface area (Å²) in [6, 6.07) is 22.6. The number of hydrogen-bond donors (Lipinski definition) is 1. The van der Waals surface area contributed by atoms with Gasteiger partial charge in [-0.3, -0.25) is 19.8 Å². The van der Waals surface area contributed by atoms with Crippen molar-refractivity contribution in [1.82, 2.24) is 25.0 Å². The van der Waals surface area contributed by atoms with Crippen LogP contribution in [-0.2, 0) is 13.1 Å². The zero-order chi connectivity index (χ0) is 22.6. The number of para-hydroxylation sites is 1. The molecular formula is C27H29N5O. The molecule has 5 rings (SSSR count). The van der Waals surface area contributed by atoms with Gasteiger partial charge in [-0.25, -0.2) is 0 Å². The van der Waals surface area contributed by atoms with Crippen LogP contribution in [0.4, 0.5) is 0 Å². The Hall–Kier alpha value is -3.51. The number of likely N-dealkylation sites (tertiary alicyclic amines) is 1. The summed E-state index contributed by atoms with van der Waals surface area (Å²) in [5.41, 5.74) is 4.87. The van der Waals surface area contributed by atoms with Gasteiger partial charge in [-0.1, -0.05) is 54.6 Å². The fraction of sp³-hybridized carbons (Fsp3) is 0.296. The van der Waals surface area contributed by atoms with E-state index in [-0.39, 0.29) is 11.8 Å². The van der Waals surface area contributed by atoms with Crippen LogP contribution in [0.1, 0.15) is 46.1 Å². The van der Waals surface area contributed by atoms with E-state index in [4.69, 9.17) is 4.98 Å². The number of nitrogens with zero attached hydrogens (tertiary/aromatic N) is 4. The Morgan fingerprint density at radius 1 is 1.09 bits per heavy atom. The van der Waals surface area contributed by atoms with Crippen LogP contribution in [0.2, 0.25) is 0 Å². The average Bonchev–Trinajstić information content (AvgIpc) is 3.34. The molecule has 0 radical (unpaired) electrons. The van der Waals surface area contributed by atoms with E-state index in [1.165, 1.54) is 0 Å². The van der Waals surface area contributed by atoms with Crippen molar-refractivity contribution in [2.75, 3.05) is 20.1 Å². The van der Waals surface area contributed by atoms with Crippen molar-refractivity contribution >= 4 is 16.8 Å². The maximum atomic E-state index is 13.2. The Morgan fingerprint density at radius 2 is 1.91 bits per heavy atom. The number of aromatic nitrogens is 3. The number of piperidine rings is 1. The summed E-state index contributed by atoms with van der Waals surface area (Å²) < 4.78 is 0. The highest BCUT2D eigenvalue weighted by Crippen LogP contribution is 2.29. The van der Waals surface area contributed by atoms with Crippen LogP contribution in [0, 0.1) is 0 Å². The maximum absolute atomic E-state index is 13.2. The lowest BCUT2D eigenvalue weighted by Gasteiger charge is -2.32. The van der Waals surface area contributed by atoms with E-state index >= 15 is 0 Å². The molecule has 0 aliphatic carbocycles. The van der Waals surface area contributed by atoms with E-state index in [1.54, 1.807) is 11.1 Å². The second-order valence-electron chi connectivity index (χ2n) is 8.91. The topological polar surface area (TPSA) is 65.1 Å². The van der Waals surface area contributed by atoms with Crippen LogP contribution in [-0.4, -0.2) is 51.0 Å². The molecule has 1 N–H and O–H groups in total. The lowest BCUT2D eigenvalue weighted by molar-refractivity contribution is 0.0782. The van der Waals surface area contributed by atoms with Gasteiger partial charge in [0.15, 0.2) is 0 Å². The largest absolute Gasteiger partial charge is 0.337 e. The SMILES string of the molecule is CN(Cc1ccccc1)C(=O)c1cn[nH]c1C1CCCN(Cc2ccc3ccccc3n2)C1. The van der Waals surface area contributed by atoms with Crippen molar-refractivity contribution in [3.8, 4) is 0 Å². The van der Waals surface area contributed by atoms with Crippen LogP contribution in [0.3, 0.4) is 0 Å². The fourth-order valence-corrected chi connectivity index (χ4v) is 4.77. The Balaban J connectivity index is 1.28. The van der Waals surface area contributed by atoms with E-state index in [1.807, 2.05) is 49.5 Å². The average molecular weight is 440 g/mol. The minimum Gasteiger partial charge on any atom is -0.337 e. The number of benzene rings is 2. The zero-order valence-corrected chi connectivity index (χ0v) is 18.9. The molecule has 0 spiro atoms. The summed E-state index contributed by atoms with van der Waals surface area (Å²) in [6.45, 7) is 3.32. The molecule has 4 aromatic rings. The van der Waals surface area contributed by atoms with Crippen LogP contribution in [0.15, 0.2) is 72.9 Å². The number of H-pyrrole nitrogens is 1. The molecule has 3 heterocycles. The summed E-state index contributed by atoms with van der Waals surface area (Å²) in [5.74, 6) is 0.265. The number of fused-ring (bicyclic) bond motifs is 1. The van der Waals surface area contributed by atoms with E-state index in [0.717, 1.165) is 60.3 Å². The molecule has 1 saturated heterocycles. The minimum absolute atomic E-state index is 0.0101. The molecule has 0 saturated carbocycles. The standard InChI is InChI=1S/C27H29N5O/c1-31(17-20-8-3-2-4-9-20)27(33)24-16-28-30-26(24)22-11-7-15-32(18-22)19-23-14-13-21-10-5-6-12-25(21)29-23/h2-6,8-10,12-14,16,22H,7,11,15,17-19H2,1H3,(H,28,30). The van der Waals surface area contributed by atoms with Crippen LogP contribution in [0.25, 0.3) is 10.9 Å². The fourth-order valence-electron chi connectivity index (χ4n) is 4.77. The van der Waals surface area contributed by atoms with Crippen molar-refractivity contribution in [2.24, 2.45) is 0 Å². The van der Waals surface area contributed by atoms with Crippen molar-refractivity contribution in [1.29, 1.82) is 0 Å². The third-order valence-electron chi connectivity index (χ3n) is 6.46. The highest BCUT2D eigenvalue weighted by Gasteiger charge is 2.28. The van der Waals surface area contributed by atoms with E-state index in [0.29, 0.717) is 12.1 Å². The second kappa shape index (κ2) is 9.55. The molecule has 2 aromatic heterocycles. The maximum Gasteiger partial charge on any atom is 0.257 e. The molecule has 1 amide bonds. The lowest BCUT2D eigenvalue weighted by atomic mass is 9.92. The van der Waals surface area contributed by atoms with Gasteiger partial charge in [0.1, 0.15) is 0 Å². The van der Waals surface area contributed by atoms with Gasteiger partial charge in [0, 0.05) is 38.0 Å². The molecule has 1 fully saturated rings. The summed E-state index contributed by atoms with van der Waals surface area (Å²) in [7, 11) is 1.85. The number of nitrogens with one attached hydrogen (secondary N) is 1. The van der Waals surface area contributed by atoms with Crippen molar-refractivity contribution < 1.29 is 4.79 Å². The quantitative estimate of drug-likeness (QED) is 0.477. The molecule has 1 aliphatic rings. The molecule has 6 nitrogen and oxygen atoms in total. The van der Waals surface area contributed by atoms with Crippen LogP contribution >= 0.6 is 0 Å². The number of rotatable bonds is 6. The van der Waals surface area contributed by atoms with Gasteiger partial charge in [-0.05, 0) is 37.1 Å². The number of hydrogen-bond acceptors (Lipinski definition) is 4. The molecule has 33 heavy (non-hydrogen) atoms. The van der Waals surface area contributed by atoms with E-state index in [2.05, 4.69) is 39.4 Å². The number of carbonyl (C=O) groups is 1. The van der Waals surface area contributed by atoms with Gasteiger partial charge in [0.05, 0.1) is 28.7 Å². The smallest absolute Gasteiger partial charge is 0.257 e. The first kappa shape index (κ1) is 21.3. The third-order valence-corrected chi connectivity index (χ3v) is 6.46. The number of aromatic amines is 1. The summed E-state index contributed by atoms with van der Waals surface area (Å²) >= 11 is 0. The van der Waals surface area contributed by atoms with Crippen molar-refractivity contribution in [2.45, 2.75) is 31.8 Å². The highest BCUT2D eigenvalue weighted by atomic mass is 16.2. The molecule has 2 aromatic carbocycles. The predicted molar refractivity (Wildman–Crippen MR) is 130 cm³/mol. The normalized spacial score (nSPS) is 16.7. The number of carbonyl (C=O) groups excluding carboxylic acids is 1. The first-order valence-electron chi connectivity index (χ1n) is 11.6. The first-order valence-corrected chi connectivity index (χ1v) is 11.6. The second-order valence-corrected chi connectivity index (χ2v) is 8.91. The zero-order valence-electron chi connectivity index (χ0n) is 18.9.